The van der Waals surface area contributed by atoms with Gasteiger partial charge in [-0.3, -0.25) is 4.79 Å². The van der Waals surface area contributed by atoms with Gasteiger partial charge in [0.2, 0.25) is 0 Å². The monoisotopic (exact) mass is 274 g/mol. The summed E-state index contributed by atoms with van der Waals surface area (Å²) in [6.07, 6.45) is 1.78. The molecule has 0 radical (unpaired) electrons. The topological polar surface area (TPSA) is 55.1 Å². The first-order chi connectivity index (χ1) is 7.99. The number of halogens is 2. The molecule has 0 spiro atoms. The number of anilines is 1. The molecule has 0 aliphatic heterocycles. The van der Waals surface area contributed by atoms with Crippen LogP contribution in [0.25, 0.3) is 0 Å². The van der Waals surface area contributed by atoms with Crippen molar-refractivity contribution in [2.24, 2.45) is 0 Å². The third-order valence-electron chi connectivity index (χ3n) is 2.64. The minimum Gasteiger partial charge on any atom is -0.397 e. The van der Waals surface area contributed by atoms with E-state index in [0.29, 0.717) is 16.3 Å². The lowest BCUT2D eigenvalue weighted by Gasteiger charge is -2.15. The average Bonchev–Trinajstić information content (AvgIpc) is 2.31. The Morgan fingerprint density at radius 3 is 2.41 bits per heavy atom. The molecule has 0 aliphatic carbocycles. The number of carbonyl (C=O) groups excluding carboxylic acids is 1. The maximum absolute atomic E-state index is 11.9. The van der Waals surface area contributed by atoms with Crippen LogP contribution in [0.15, 0.2) is 12.1 Å². The lowest BCUT2D eigenvalue weighted by atomic mass is 10.1. The van der Waals surface area contributed by atoms with Crippen LogP contribution in [0.5, 0.6) is 0 Å². The van der Waals surface area contributed by atoms with Gasteiger partial charge in [0.05, 0.1) is 15.7 Å². The fourth-order valence-electron chi connectivity index (χ4n) is 1.50. The van der Waals surface area contributed by atoms with Crippen LogP contribution in [0.2, 0.25) is 10.0 Å². The van der Waals surface area contributed by atoms with Crippen LogP contribution in [0.3, 0.4) is 0 Å². The van der Waals surface area contributed by atoms with E-state index >= 15 is 0 Å². The molecule has 1 aromatic carbocycles. The molecule has 3 N–H and O–H groups in total. The third kappa shape index (κ3) is 3.51. The molecule has 0 bridgehead atoms. The van der Waals surface area contributed by atoms with Gasteiger partial charge in [-0.15, -0.1) is 0 Å². The summed E-state index contributed by atoms with van der Waals surface area (Å²) < 4.78 is 0. The summed E-state index contributed by atoms with van der Waals surface area (Å²) in [5, 5.41) is 3.49. The number of nitrogen functional groups attached to an aromatic ring is 1. The molecule has 0 saturated heterocycles. The Bertz CT molecular complexity index is 394. The van der Waals surface area contributed by atoms with Crippen molar-refractivity contribution in [3.63, 3.8) is 0 Å². The maximum atomic E-state index is 11.9. The van der Waals surface area contributed by atoms with E-state index in [0.717, 1.165) is 12.8 Å². The zero-order chi connectivity index (χ0) is 13.0. The number of hydrogen-bond acceptors (Lipinski definition) is 2. The van der Waals surface area contributed by atoms with Crippen LogP contribution in [-0.4, -0.2) is 11.9 Å². The molecule has 0 fully saturated rings. The van der Waals surface area contributed by atoms with Gasteiger partial charge in [0.25, 0.3) is 5.91 Å². The van der Waals surface area contributed by atoms with Crippen molar-refractivity contribution in [2.45, 2.75) is 32.7 Å². The molecule has 1 rings (SSSR count). The van der Waals surface area contributed by atoms with E-state index in [-0.39, 0.29) is 17.0 Å². The van der Waals surface area contributed by atoms with Crippen LogP contribution in [0.4, 0.5) is 5.69 Å². The normalized spacial score (nSPS) is 10.6. The lowest BCUT2D eigenvalue weighted by molar-refractivity contribution is 0.0935. The van der Waals surface area contributed by atoms with Gasteiger partial charge in [-0.25, -0.2) is 0 Å². The first-order valence-corrected chi connectivity index (χ1v) is 6.30. The highest BCUT2D eigenvalue weighted by Crippen LogP contribution is 2.29. The van der Waals surface area contributed by atoms with Crippen LogP contribution >= 0.6 is 23.2 Å². The summed E-state index contributed by atoms with van der Waals surface area (Å²) >= 11 is 11.7. The summed E-state index contributed by atoms with van der Waals surface area (Å²) in [6.45, 7) is 4.05. The second-order valence-electron chi connectivity index (χ2n) is 3.85. The first-order valence-electron chi connectivity index (χ1n) is 5.54. The van der Waals surface area contributed by atoms with E-state index in [4.69, 9.17) is 28.9 Å². The summed E-state index contributed by atoms with van der Waals surface area (Å²) in [4.78, 5) is 11.9. The van der Waals surface area contributed by atoms with Gasteiger partial charge in [-0.05, 0) is 25.0 Å². The number of nitrogens with two attached hydrogens (primary N) is 1. The molecule has 3 nitrogen and oxygen atoms in total. The number of amides is 1. The highest BCUT2D eigenvalue weighted by molar-refractivity contribution is 6.43. The Morgan fingerprint density at radius 2 is 1.94 bits per heavy atom. The molecule has 0 atom stereocenters. The first kappa shape index (κ1) is 14.1. The molecule has 0 unspecified atom stereocenters. The minimum atomic E-state index is -0.177. The maximum Gasteiger partial charge on any atom is 0.251 e. The molecular weight excluding hydrogens is 259 g/mol. The lowest BCUT2D eigenvalue weighted by Crippen LogP contribution is -2.33. The largest absolute Gasteiger partial charge is 0.397 e. The number of carbonyl (C=O) groups is 1. The van der Waals surface area contributed by atoms with Crippen LogP contribution in [-0.2, 0) is 0 Å². The SMILES string of the molecule is CCC(CC)NC(=O)c1cc(N)c(Cl)c(Cl)c1. The molecule has 5 heteroatoms. The van der Waals surface area contributed by atoms with Gasteiger partial charge in [0.1, 0.15) is 0 Å². The molecule has 17 heavy (non-hydrogen) atoms. The quantitative estimate of drug-likeness (QED) is 0.826. The Kier molecular flexibility index (Phi) is 5.09. The summed E-state index contributed by atoms with van der Waals surface area (Å²) in [7, 11) is 0. The van der Waals surface area contributed by atoms with E-state index in [1.807, 2.05) is 13.8 Å². The van der Waals surface area contributed by atoms with Crippen LogP contribution in [0.1, 0.15) is 37.0 Å². The van der Waals surface area contributed by atoms with Gasteiger partial charge >= 0.3 is 0 Å². The van der Waals surface area contributed by atoms with Gasteiger partial charge in [0, 0.05) is 11.6 Å². The fourth-order valence-corrected chi connectivity index (χ4v) is 1.84. The van der Waals surface area contributed by atoms with Gasteiger partial charge in [-0.2, -0.15) is 0 Å². The highest BCUT2D eigenvalue weighted by atomic mass is 35.5. The predicted molar refractivity (Wildman–Crippen MR) is 72.7 cm³/mol. The zero-order valence-electron chi connectivity index (χ0n) is 9.89. The predicted octanol–water partition coefficient (Wildman–Crippen LogP) is 3.49. The minimum absolute atomic E-state index is 0.165. The standard InChI is InChI=1S/C12H16Cl2N2O/c1-3-8(4-2)16-12(17)7-5-9(13)11(14)10(15)6-7/h5-6,8H,3-4,15H2,1-2H3,(H,16,17). The number of rotatable bonds is 4. The molecule has 1 amide bonds. The third-order valence-corrected chi connectivity index (χ3v) is 3.46. The second-order valence-corrected chi connectivity index (χ2v) is 4.63. The van der Waals surface area contributed by atoms with Crippen molar-refractivity contribution >= 4 is 34.8 Å². The highest BCUT2D eigenvalue weighted by Gasteiger charge is 2.13. The van der Waals surface area contributed by atoms with Gasteiger partial charge < -0.3 is 11.1 Å². The molecule has 0 saturated carbocycles. The van der Waals surface area contributed by atoms with E-state index in [1.54, 1.807) is 0 Å². The van der Waals surface area contributed by atoms with Crippen LogP contribution in [0, 0.1) is 0 Å². The van der Waals surface area contributed by atoms with Crippen molar-refractivity contribution in [3.8, 4) is 0 Å². The van der Waals surface area contributed by atoms with Gasteiger partial charge in [0.15, 0.2) is 0 Å². The van der Waals surface area contributed by atoms with Crippen molar-refractivity contribution in [1.82, 2.24) is 5.32 Å². The van der Waals surface area contributed by atoms with Crippen molar-refractivity contribution in [2.75, 3.05) is 5.73 Å². The number of nitrogens with one attached hydrogen (secondary N) is 1. The molecular formula is C12H16Cl2N2O. The van der Waals surface area contributed by atoms with E-state index in [9.17, 15) is 4.79 Å². The number of benzene rings is 1. The summed E-state index contributed by atoms with van der Waals surface area (Å²) in [5.74, 6) is -0.177. The second kappa shape index (κ2) is 6.12. The molecule has 94 valence electrons. The Balaban J connectivity index is 2.90. The zero-order valence-corrected chi connectivity index (χ0v) is 11.4. The van der Waals surface area contributed by atoms with E-state index in [2.05, 4.69) is 5.32 Å². The van der Waals surface area contributed by atoms with Gasteiger partial charge in [-0.1, -0.05) is 37.0 Å². The van der Waals surface area contributed by atoms with Crippen molar-refractivity contribution in [1.29, 1.82) is 0 Å². The smallest absolute Gasteiger partial charge is 0.251 e. The summed E-state index contributed by atoms with van der Waals surface area (Å²) in [5.41, 5.74) is 6.41. The molecule has 0 aromatic heterocycles. The van der Waals surface area contributed by atoms with Crippen molar-refractivity contribution < 1.29 is 4.79 Å². The Hall–Kier alpha value is -0.930. The molecule has 0 aliphatic rings. The molecule has 1 aromatic rings. The Morgan fingerprint density at radius 1 is 1.35 bits per heavy atom. The van der Waals surface area contributed by atoms with E-state index in [1.165, 1.54) is 12.1 Å². The summed E-state index contributed by atoms with van der Waals surface area (Å²) in [6, 6.07) is 3.22. The fraction of sp³-hybridized carbons (Fsp3) is 0.417. The molecule has 0 heterocycles. The van der Waals surface area contributed by atoms with Crippen LogP contribution < -0.4 is 11.1 Å². The Labute approximate surface area is 111 Å². The van der Waals surface area contributed by atoms with Crippen molar-refractivity contribution in [3.05, 3.63) is 27.7 Å². The van der Waals surface area contributed by atoms with E-state index < -0.39 is 0 Å². The average molecular weight is 275 g/mol. The number of hydrogen-bond donors (Lipinski definition) is 2.